The molecule has 0 atom stereocenters. The highest BCUT2D eigenvalue weighted by Gasteiger charge is 2.03. The maximum Gasteiger partial charge on any atom is 0.250 e. The molecular formula is C5H2IN3OS. The van der Waals surface area contributed by atoms with Crippen LogP contribution in [-0.4, -0.2) is 5.91 Å². The fourth-order valence-corrected chi connectivity index (χ4v) is 1.84. The molecule has 0 fully saturated rings. The minimum atomic E-state index is -0.522. The molecule has 1 heterocycles. The summed E-state index contributed by atoms with van der Waals surface area (Å²) in [5.74, 6) is -0.522. The molecule has 0 aliphatic rings. The Bertz CT molecular complexity index is 328. The molecule has 1 amide bonds. The molecule has 0 unspecified atom stereocenters. The van der Waals surface area contributed by atoms with Gasteiger partial charge >= 0.3 is 0 Å². The van der Waals surface area contributed by atoms with E-state index in [4.69, 9.17) is 5.53 Å². The summed E-state index contributed by atoms with van der Waals surface area (Å²) in [6.45, 7) is 0. The van der Waals surface area contributed by atoms with Gasteiger partial charge in [0.15, 0.2) is 0 Å². The summed E-state index contributed by atoms with van der Waals surface area (Å²) in [4.78, 5) is 13.2. The molecule has 0 aromatic carbocycles. The van der Waals surface area contributed by atoms with E-state index in [-0.39, 0.29) is 0 Å². The predicted octanol–water partition coefficient (Wildman–Crippen LogP) is 2.80. The molecule has 11 heavy (non-hydrogen) atoms. The smallest absolute Gasteiger partial charge is 0.250 e. The minimum absolute atomic E-state index is 0.456. The lowest BCUT2D eigenvalue weighted by Crippen LogP contribution is -1.88. The maximum absolute atomic E-state index is 10.8. The van der Waals surface area contributed by atoms with E-state index in [1.54, 1.807) is 11.4 Å². The van der Waals surface area contributed by atoms with Gasteiger partial charge in [-0.3, -0.25) is 4.79 Å². The van der Waals surface area contributed by atoms with Crippen LogP contribution in [0.3, 0.4) is 0 Å². The van der Waals surface area contributed by atoms with E-state index in [9.17, 15) is 4.79 Å². The standard InChI is InChI=1S/C5H2IN3OS/c6-4-1-3(2-11-4)5(10)8-9-7/h1-2H. The van der Waals surface area contributed by atoms with Gasteiger partial charge < -0.3 is 0 Å². The van der Waals surface area contributed by atoms with Gasteiger partial charge in [0.2, 0.25) is 5.91 Å². The molecule has 0 aliphatic carbocycles. The van der Waals surface area contributed by atoms with Crippen molar-refractivity contribution >= 4 is 39.8 Å². The Morgan fingerprint density at radius 2 is 2.55 bits per heavy atom. The monoisotopic (exact) mass is 279 g/mol. The second-order valence-corrected chi connectivity index (χ2v) is 4.44. The van der Waals surface area contributed by atoms with E-state index in [2.05, 4.69) is 32.6 Å². The second-order valence-electron chi connectivity index (χ2n) is 1.63. The van der Waals surface area contributed by atoms with Crippen LogP contribution in [0.15, 0.2) is 16.6 Å². The number of amides is 1. The van der Waals surface area contributed by atoms with Crippen molar-refractivity contribution in [2.45, 2.75) is 0 Å². The molecule has 0 radical (unpaired) electrons. The van der Waals surface area contributed by atoms with Crippen molar-refractivity contribution in [2.75, 3.05) is 0 Å². The molecule has 1 aromatic rings. The van der Waals surface area contributed by atoms with Crippen molar-refractivity contribution in [1.29, 1.82) is 0 Å². The number of carbonyl (C=O) groups is 1. The Hall–Kier alpha value is -0.590. The molecule has 0 saturated heterocycles. The van der Waals surface area contributed by atoms with Crippen LogP contribution in [0, 0.1) is 2.88 Å². The minimum Gasteiger partial charge on any atom is -0.287 e. The largest absolute Gasteiger partial charge is 0.287 e. The summed E-state index contributed by atoms with van der Waals surface area (Å²) in [6, 6.07) is 1.68. The third-order valence-electron chi connectivity index (χ3n) is 0.950. The zero-order valence-electron chi connectivity index (χ0n) is 5.19. The molecule has 1 rings (SSSR count). The first-order valence-electron chi connectivity index (χ1n) is 2.57. The van der Waals surface area contributed by atoms with Crippen LogP contribution in [0.1, 0.15) is 10.4 Å². The van der Waals surface area contributed by atoms with E-state index < -0.39 is 5.91 Å². The average molecular weight is 279 g/mol. The molecule has 56 valence electrons. The lowest BCUT2D eigenvalue weighted by molar-refractivity contribution is 0.100. The van der Waals surface area contributed by atoms with Gasteiger partial charge in [-0.2, -0.15) is 0 Å². The zero-order valence-corrected chi connectivity index (χ0v) is 8.16. The summed E-state index contributed by atoms with van der Waals surface area (Å²) in [5.41, 5.74) is 8.40. The summed E-state index contributed by atoms with van der Waals surface area (Å²) >= 11 is 3.54. The Morgan fingerprint density at radius 3 is 3.00 bits per heavy atom. The quantitative estimate of drug-likeness (QED) is 0.337. The lowest BCUT2D eigenvalue weighted by Gasteiger charge is -1.81. The van der Waals surface area contributed by atoms with Crippen molar-refractivity contribution in [3.05, 3.63) is 30.3 Å². The van der Waals surface area contributed by atoms with Gasteiger partial charge in [0, 0.05) is 15.9 Å². The lowest BCUT2D eigenvalue weighted by atomic mass is 10.3. The van der Waals surface area contributed by atoms with Crippen LogP contribution < -0.4 is 0 Å². The van der Waals surface area contributed by atoms with Gasteiger partial charge in [-0.05, 0) is 39.3 Å². The predicted molar refractivity (Wildman–Crippen MR) is 50.5 cm³/mol. The first kappa shape index (κ1) is 8.51. The molecule has 0 aliphatic heterocycles. The summed E-state index contributed by atoms with van der Waals surface area (Å²) in [6.07, 6.45) is 0. The topological polar surface area (TPSA) is 65.8 Å². The van der Waals surface area contributed by atoms with Crippen LogP contribution in [0.5, 0.6) is 0 Å². The highest BCUT2D eigenvalue weighted by atomic mass is 127. The molecule has 0 N–H and O–H groups in total. The van der Waals surface area contributed by atoms with E-state index in [1.165, 1.54) is 11.3 Å². The van der Waals surface area contributed by atoms with Gasteiger partial charge in [-0.15, -0.1) is 11.3 Å². The molecule has 4 nitrogen and oxygen atoms in total. The van der Waals surface area contributed by atoms with Gasteiger partial charge in [-0.25, -0.2) is 0 Å². The number of thiophene rings is 1. The van der Waals surface area contributed by atoms with Crippen molar-refractivity contribution in [2.24, 2.45) is 5.11 Å². The molecule has 0 saturated carbocycles. The van der Waals surface area contributed by atoms with Crippen LogP contribution in [0.25, 0.3) is 10.4 Å². The van der Waals surface area contributed by atoms with Gasteiger partial charge in [0.05, 0.1) is 2.88 Å². The Morgan fingerprint density at radius 1 is 1.82 bits per heavy atom. The molecule has 0 bridgehead atoms. The second kappa shape index (κ2) is 3.70. The van der Waals surface area contributed by atoms with E-state index in [1.807, 2.05) is 0 Å². The number of carbonyl (C=O) groups excluding carboxylic acids is 1. The van der Waals surface area contributed by atoms with Gasteiger partial charge in [0.25, 0.3) is 0 Å². The van der Waals surface area contributed by atoms with E-state index >= 15 is 0 Å². The maximum atomic E-state index is 10.8. The average Bonchev–Trinajstić information content (AvgIpc) is 2.36. The summed E-state index contributed by atoms with van der Waals surface area (Å²) in [7, 11) is 0. The molecule has 0 spiro atoms. The van der Waals surface area contributed by atoms with Crippen molar-refractivity contribution in [1.82, 2.24) is 0 Å². The fourth-order valence-electron chi connectivity index (χ4n) is 0.521. The van der Waals surface area contributed by atoms with Crippen molar-refractivity contribution in [3.63, 3.8) is 0 Å². The van der Waals surface area contributed by atoms with Crippen LogP contribution >= 0.6 is 33.9 Å². The van der Waals surface area contributed by atoms with E-state index in [0.29, 0.717) is 5.56 Å². The van der Waals surface area contributed by atoms with Gasteiger partial charge in [0.1, 0.15) is 0 Å². The Balaban J connectivity index is 2.93. The third-order valence-corrected chi connectivity index (χ3v) is 2.74. The van der Waals surface area contributed by atoms with Crippen molar-refractivity contribution in [3.8, 4) is 0 Å². The van der Waals surface area contributed by atoms with Crippen LogP contribution in [0.2, 0.25) is 0 Å². The number of rotatable bonds is 1. The first-order chi connectivity index (χ1) is 5.24. The Labute approximate surface area is 80.0 Å². The van der Waals surface area contributed by atoms with Gasteiger partial charge in [-0.1, -0.05) is 0 Å². The van der Waals surface area contributed by atoms with E-state index in [0.717, 1.165) is 2.88 Å². The highest BCUT2D eigenvalue weighted by Crippen LogP contribution is 2.17. The first-order valence-corrected chi connectivity index (χ1v) is 4.53. The number of nitrogens with zero attached hydrogens (tertiary/aromatic N) is 3. The molecular weight excluding hydrogens is 277 g/mol. The number of halogens is 1. The zero-order chi connectivity index (χ0) is 8.27. The van der Waals surface area contributed by atoms with Crippen LogP contribution in [-0.2, 0) is 0 Å². The fraction of sp³-hybridized carbons (Fsp3) is 0. The normalized spacial score (nSPS) is 8.82. The highest BCUT2D eigenvalue weighted by molar-refractivity contribution is 14.1. The molecule has 1 aromatic heterocycles. The van der Waals surface area contributed by atoms with Crippen molar-refractivity contribution < 1.29 is 4.79 Å². The third kappa shape index (κ3) is 2.18. The number of hydrogen-bond donors (Lipinski definition) is 0. The Kier molecular flexibility index (Phi) is 2.86. The summed E-state index contributed by atoms with van der Waals surface area (Å²) in [5, 5.41) is 4.62. The SMILES string of the molecule is [N-]=[N+]=NC(=O)c1csc(I)c1. The van der Waals surface area contributed by atoms with Crippen LogP contribution in [0.4, 0.5) is 0 Å². The number of hydrogen-bond acceptors (Lipinski definition) is 2. The number of azide groups is 1. The summed E-state index contributed by atoms with van der Waals surface area (Å²) < 4.78 is 0.999. The molecule has 6 heteroatoms.